The Hall–Kier alpha value is -2.73. The van der Waals surface area contributed by atoms with Gasteiger partial charge in [-0.2, -0.15) is 10.1 Å². The highest BCUT2D eigenvalue weighted by Crippen LogP contribution is 2.22. The number of hydrogen-bond donors (Lipinski definition) is 2. The van der Waals surface area contributed by atoms with Crippen LogP contribution in [0.1, 0.15) is 25.3 Å². The lowest BCUT2D eigenvalue weighted by Crippen LogP contribution is -2.02. The fourth-order valence-corrected chi connectivity index (χ4v) is 2.40. The number of rotatable bonds is 5. The van der Waals surface area contributed by atoms with Gasteiger partial charge in [-0.25, -0.2) is 4.39 Å². The number of halogens is 2. The molecule has 0 spiro atoms. The lowest BCUT2D eigenvalue weighted by molar-refractivity contribution is 0.628. The predicted molar refractivity (Wildman–Crippen MR) is 98.3 cm³/mol. The molecule has 2 aromatic carbocycles. The van der Waals surface area contributed by atoms with Gasteiger partial charge in [-0.05, 0) is 41.8 Å². The molecule has 0 aliphatic heterocycles. The van der Waals surface area contributed by atoms with E-state index in [2.05, 4.69) is 51.8 Å². The molecule has 0 fully saturated rings. The number of aromatic nitrogens is 3. The van der Waals surface area contributed by atoms with Crippen LogP contribution in [-0.4, -0.2) is 15.2 Å². The summed E-state index contributed by atoms with van der Waals surface area (Å²) in [5.41, 5.74) is 2.74. The highest BCUT2D eigenvalue weighted by atomic mass is 35.5. The van der Waals surface area contributed by atoms with Gasteiger partial charge in [0.05, 0.1) is 11.2 Å². The lowest BCUT2D eigenvalue weighted by atomic mass is 10.0. The van der Waals surface area contributed by atoms with Crippen LogP contribution >= 0.6 is 11.6 Å². The van der Waals surface area contributed by atoms with E-state index in [1.807, 2.05) is 12.1 Å². The minimum Gasteiger partial charge on any atom is -0.339 e. The van der Waals surface area contributed by atoms with Gasteiger partial charge in [0, 0.05) is 11.4 Å². The van der Waals surface area contributed by atoms with Gasteiger partial charge in [-0.15, -0.1) is 5.10 Å². The molecule has 0 aliphatic carbocycles. The smallest absolute Gasteiger partial charge is 0.249 e. The van der Waals surface area contributed by atoms with Gasteiger partial charge in [-0.1, -0.05) is 37.6 Å². The second-order valence-electron chi connectivity index (χ2n) is 5.82. The predicted octanol–water partition coefficient (Wildman–Crippen LogP) is 5.27. The number of anilines is 4. The molecule has 2 N–H and O–H groups in total. The van der Waals surface area contributed by atoms with Crippen molar-refractivity contribution in [3.8, 4) is 0 Å². The minimum absolute atomic E-state index is 0.0254. The van der Waals surface area contributed by atoms with Crippen molar-refractivity contribution >= 4 is 34.7 Å². The van der Waals surface area contributed by atoms with E-state index in [0.717, 1.165) is 5.69 Å². The van der Waals surface area contributed by atoms with Gasteiger partial charge in [0.1, 0.15) is 5.82 Å². The number of nitrogens with one attached hydrogen (secondary N) is 2. The molecule has 25 heavy (non-hydrogen) atoms. The summed E-state index contributed by atoms with van der Waals surface area (Å²) in [7, 11) is 0. The second-order valence-corrected chi connectivity index (χ2v) is 6.23. The van der Waals surface area contributed by atoms with Crippen LogP contribution in [-0.2, 0) is 0 Å². The molecule has 0 bridgehead atoms. The summed E-state index contributed by atoms with van der Waals surface area (Å²) >= 11 is 5.77. The normalized spacial score (nSPS) is 10.8. The van der Waals surface area contributed by atoms with E-state index < -0.39 is 5.82 Å². The first kappa shape index (κ1) is 17.1. The van der Waals surface area contributed by atoms with Gasteiger partial charge >= 0.3 is 0 Å². The summed E-state index contributed by atoms with van der Waals surface area (Å²) in [5, 5.41) is 14.0. The summed E-state index contributed by atoms with van der Waals surface area (Å²) in [4.78, 5) is 4.34. The summed E-state index contributed by atoms with van der Waals surface area (Å²) < 4.78 is 13.2. The third kappa shape index (κ3) is 4.42. The molecule has 1 aromatic heterocycles. The molecular weight excluding hydrogens is 341 g/mol. The Morgan fingerprint density at radius 2 is 1.72 bits per heavy atom. The van der Waals surface area contributed by atoms with Crippen LogP contribution < -0.4 is 10.6 Å². The maximum Gasteiger partial charge on any atom is 0.249 e. The Balaban J connectivity index is 1.73. The van der Waals surface area contributed by atoms with Crippen LogP contribution in [0.5, 0.6) is 0 Å². The fraction of sp³-hybridized carbons (Fsp3) is 0.167. The van der Waals surface area contributed by atoms with Crippen molar-refractivity contribution in [2.75, 3.05) is 10.6 Å². The number of hydrogen-bond acceptors (Lipinski definition) is 5. The zero-order chi connectivity index (χ0) is 17.8. The molecule has 1 heterocycles. The van der Waals surface area contributed by atoms with E-state index >= 15 is 0 Å². The maximum absolute atomic E-state index is 13.2. The van der Waals surface area contributed by atoms with Gasteiger partial charge in [0.2, 0.25) is 5.95 Å². The molecule has 0 unspecified atom stereocenters. The zero-order valence-electron chi connectivity index (χ0n) is 13.8. The first-order valence-corrected chi connectivity index (χ1v) is 8.18. The lowest BCUT2D eigenvalue weighted by Gasteiger charge is -2.10. The highest BCUT2D eigenvalue weighted by Gasteiger charge is 2.05. The molecule has 0 saturated carbocycles. The van der Waals surface area contributed by atoms with Crippen molar-refractivity contribution < 1.29 is 4.39 Å². The third-order valence-corrected chi connectivity index (χ3v) is 3.87. The van der Waals surface area contributed by atoms with Crippen molar-refractivity contribution in [2.24, 2.45) is 0 Å². The Labute approximate surface area is 150 Å². The van der Waals surface area contributed by atoms with E-state index in [4.69, 9.17) is 11.6 Å². The Morgan fingerprint density at radius 1 is 1.00 bits per heavy atom. The molecule has 3 rings (SSSR count). The van der Waals surface area contributed by atoms with Crippen LogP contribution in [0.25, 0.3) is 0 Å². The summed E-state index contributed by atoms with van der Waals surface area (Å²) in [6, 6.07) is 12.4. The highest BCUT2D eigenvalue weighted by molar-refractivity contribution is 6.31. The van der Waals surface area contributed by atoms with E-state index in [1.165, 1.54) is 23.9 Å². The van der Waals surface area contributed by atoms with Crippen LogP contribution in [0.2, 0.25) is 5.02 Å². The van der Waals surface area contributed by atoms with Crippen molar-refractivity contribution in [3.05, 3.63) is 65.1 Å². The molecule has 0 aliphatic rings. The van der Waals surface area contributed by atoms with Crippen molar-refractivity contribution in [1.82, 2.24) is 15.2 Å². The van der Waals surface area contributed by atoms with Gasteiger partial charge in [0.15, 0.2) is 5.82 Å². The molecule has 3 aromatic rings. The molecule has 0 saturated heterocycles. The quantitative estimate of drug-likeness (QED) is 0.650. The fourth-order valence-electron chi connectivity index (χ4n) is 2.22. The largest absolute Gasteiger partial charge is 0.339 e. The first-order valence-electron chi connectivity index (χ1n) is 7.80. The van der Waals surface area contributed by atoms with Gasteiger partial charge < -0.3 is 10.6 Å². The van der Waals surface area contributed by atoms with Gasteiger partial charge in [-0.3, -0.25) is 0 Å². The van der Waals surface area contributed by atoms with Crippen LogP contribution in [0.4, 0.5) is 27.5 Å². The first-order chi connectivity index (χ1) is 12.0. The summed E-state index contributed by atoms with van der Waals surface area (Å²) in [6.07, 6.45) is 1.53. The minimum atomic E-state index is -0.480. The summed E-state index contributed by atoms with van der Waals surface area (Å²) in [6.45, 7) is 4.30. The molecule has 0 radical (unpaired) electrons. The number of nitrogens with zero attached hydrogens (tertiary/aromatic N) is 3. The molecule has 7 heteroatoms. The van der Waals surface area contributed by atoms with E-state index in [-0.39, 0.29) is 11.0 Å². The molecular formula is C18H17ClFN5. The van der Waals surface area contributed by atoms with Crippen molar-refractivity contribution in [2.45, 2.75) is 19.8 Å². The number of benzene rings is 2. The average Bonchev–Trinajstić information content (AvgIpc) is 2.59. The Kier molecular flexibility index (Phi) is 5.09. The van der Waals surface area contributed by atoms with Crippen molar-refractivity contribution in [1.29, 1.82) is 0 Å². The SMILES string of the molecule is CC(C)c1ccc(Nc2cnnc(Nc3ccc(F)c(Cl)c3)n2)cc1. The Morgan fingerprint density at radius 3 is 2.40 bits per heavy atom. The standard InChI is InChI=1S/C18H17ClFN5/c1-11(2)12-3-5-13(6-4-12)22-17-10-21-25-18(24-17)23-14-7-8-16(20)15(19)9-14/h3-11H,1-2H3,(H2,22,23,24,25). The zero-order valence-corrected chi connectivity index (χ0v) is 14.5. The van der Waals surface area contributed by atoms with Crippen LogP contribution in [0.3, 0.4) is 0 Å². The maximum atomic E-state index is 13.2. The van der Waals surface area contributed by atoms with Crippen LogP contribution in [0.15, 0.2) is 48.7 Å². The molecule has 0 amide bonds. The van der Waals surface area contributed by atoms with Crippen molar-refractivity contribution in [3.63, 3.8) is 0 Å². The molecule has 0 atom stereocenters. The topological polar surface area (TPSA) is 62.7 Å². The van der Waals surface area contributed by atoms with E-state index in [1.54, 1.807) is 6.07 Å². The molecule has 5 nitrogen and oxygen atoms in total. The Bertz CT molecular complexity index is 868. The summed E-state index contributed by atoms with van der Waals surface area (Å²) in [5.74, 6) is 0.828. The van der Waals surface area contributed by atoms with Gasteiger partial charge in [0.25, 0.3) is 0 Å². The average molecular weight is 358 g/mol. The monoisotopic (exact) mass is 357 g/mol. The van der Waals surface area contributed by atoms with E-state index in [9.17, 15) is 4.39 Å². The second kappa shape index (κ2) is 7.44. The molecule has 128 valence electrons. The van der Waals surface area contributed by atoms with Crippen LogP contribution in [0, 0.1) is 5.82 Å². The third-order valence-electron chi connectivity index (χ3n) is 3.58. The van der Waals surface area contributed by atoms with E-state index in [0.29, 0.717) is 17.4 Å².